The number of rotatable bonds is 4. The molecule has 0 radical (unpaired) electrons. The van der Waals surface area contributed by atoms with E-state index in [9.17, 15) is 4.79 Å². The summed E-state index contributed by atoms with van der Waals surface area (Å²) in [5.74, 6) is 0.758. The standard InChI is InChI=1S/C19H20N4OS/c1-12-13(2)25-18-17(12)19(24)23(16(21-18)11-22(3)4)10-15-7-5-14(9-20)6-8-15/h5-8H,10-11H2,1-4H3. The average molecular weight is 352 g/mol. The van der Waals surface area contributed by atoms with Crippen LogP contribution in [0.3, 0.4) is 0 Å². The molecule has 2 heterocycles. The quantitative estimate of drug-likeness (QED) is 0.724. The zero-order chi connectivity index (χ0) is 18.1. The molecule has 6 heteroatoms. The van der Waals surface area contributed by atoms with Crippen LogP contribution in [0.2, 0.25) is 0 Å². The number of benzene rings is 1. The molecule has 25 heavy (non-hydrogen) atoms. The van der Waals surface area contributed by atoms with Crippen molar-refractivity contribution in [1.82, 2.24) is 14.5 Å². The Morgan fingerprint density at radius 3 is 2.52 bits per heavy atom. The number of thiophene rings is 1. The van der Waals surface area contributed by atoms with Crippen LogP contribution in [0.5, 0.6) is 0 Å². The van der Waals surface area contributed by atoms with Gasteiger partial charge in [-0.3, -0.25) is 9.36 Å². The van der Waals surface area contributed by atoms with Gasteiger partial charge in [0, 0.05) is 4.88 Å². The molecule has 0 saturated heterocycles. The van der Waals surface area contributed by atoms with Gasteiger partial charge in [-0.15, -0.1) is 11.3 Å². The van der Waals surface area contributed by atoms with E-state index < -0.39 is 0 Å². The number of hydrogen-bond acceptors (Lipinski definition) is 5. The zero-order valence-corrected chi connectivity index (χ0v) is 15.6. The van der Waals surface area contributed by atoms with Crippen LogP contribution in [0.15, 0.2) is 29.1 Å². The van der Waals surface area contributed by atoms with Gasteiger partial charge in [-0.2, -0.15) is 5.26 Å². The van der Waals surface area contributed by atoms with Gasteiger partial charge in [-0.25, -0.2) is 4.98 Å². The molecule has 0 fully saturated rings. The Hall–Kier alpha value is -2.49. The topological polar surface area (TPSA) is 61.9 Å². The van der Waals surface area contributed by atoms with Gasteiger partial charge in [-0.1, -0.05) is 12.1 Å². The second-order valence-corrected chi connectivity index (χ2v) is 7.63. The Morgan fingerprint density at radius 2 is 1.92 bits per heavy atom. The van der Waals surface area contributed by atoms with Gasteiger partial charge in [0.2, 0.25) is 0 Å². The molecule has 3 aromatic rings. The van der Waals surface area contributed by atoms with Crippen LogP contribution in [0.4, 0.5) is 0 Å². The van der Waals surface area contributed by atoms with Crippen LogP contribution in [0.1, 0.15) is 27.4 Å². The van der Waals surface area contributed by atoms with Crippen molar-refractivity contribution in [3.05, 3.63) is 62.0 Å². The molecule has 0 atom stereocenters. The third-order valence-corrected chi connectivity index (χ3v) is 5.35. The van der Waals surface area contributed by atoms with Crippen molar-refractivity contribution in [2.75, 3.05) is 14.1 Å². The molecule has 5 nitrogen and oxygen atoms in total. The van der Waals surface area contributed by atoms with Crippen LogP contribution in [0, 0.1) is 25.2 Å². The first-order valence-corrected chi connectivity index (χ1v) is 8.85. The Morgan fingerprint density at radius 1 is 1.24 bits per heavy atom. The summed E-state index contributed by atoms with van der Waals surface area (Å²) in [5.41, 5.74) is 2.62. The lowest BCUT2D eigenvalue weighted by Gasteiger charge is -2.16. The highest BCUT2D eigenvalue weighted by atomic mass is 32.1. The number of nitrogens with zero attached hydrogens (tertiary/aromatic N) is 4. The predicted octanol–water partition coefficient (Wildman–Crippen LogP) is 3.06. The van der Waals surface area contributed by atoms with E-state index in [1.165, 1.54) is 0 Å². The van der Waals surface area contributed by atoms with E-state index in [0.717, 1.165) is 32.0 Å². The van der Waals surface area contributed by atoms with Crippen molar-refractivity contribution in [1.29, 1.82) is 5.26 Å². The number of fused-ring (bicyclic) bond motifs is 1. The van der Waals surface area contributed by atoms with Crippen molar-refractivity contribution < 1.29 is 0 Å². The SMILES string of the molecule is Cc1sc2nc(CN(C)C)n(Cc3ccc(C#N)cc3)c(=O)c2c1C. The van der Waals surface area contributed by atoms with Crippen molar-refractivity contribution in [3.8, 4) is 6.07 Å². The normalized spacial score (nSPS) is 11.2. The molecule has 3 rings (SSSR count). The van der Waals surface area contributed by atoms with Gasteiger partial charge in [-0.05, 0) is 51.2 Å². The maximum Gasteiger partial charge on any atom is 0.262 e. The molecule has 0 aliphatic rings. The second kappa shape index (κ2) is 6.79. The summed E-state index contributed by atoms with van der Waals surface area (Å²) in [6.07, 6.45) is 0. The first kappa shape index (κ1) is 17.3. The summed E-state index contributed by atoms with van der Waals surface area (Å²) in [4.78, 5) is 21.9. The summed E-state index contributed by atoms with van der Waals surface area (Å²) in [7, 11) is 3.93. The van der Waals surface area contributed by atoms with Crippen LogP contribution >= 0.6 is 11.3 Å². The molecular formula is C19H20N4OS. The molecule has 128 valence electrons. The van der Waals surface area contributed by atoms with E-state index in [2.05, 4.69) is 6.07 Å². The van der Waals surface area contributed by atoms with Gasteiger partial charge < -0.3 is 4.90 Å². The van der Waals surface area contributed by atoms with Gasteiger partial charge >= 0.3 is 0 Å². The molecular weight excluding hydrogens is 332 g/mol. The summed E-state index contributed by atoms with van der Waals surface area (Å²) < 4.78 is 1.75. The number of hydrogen-bond donors (Lipinski definition) is 0. The Kier molecular flexibility index (Phi) is 4.71. The summed E-state index contributed by atoms with van der Waals surface area (Å²) in [6.45, 7) is 5.05. The Labute approximate surface area is 150 Å². The highest BCUT2D eigenvalue weighted by Gasteiger charge is 2.17. The molecule has 0 aliphatic carbocycles. The van der Waals surface area contributed by atoms with Crippen molar-refractivity contribution in [3.63, 3.8) is 0 Å². The van der Waals surface area contributed by atoms with E-state index in [-0.39, 0.29) is 5.56 Å². The lowest BCUT2D eigenvalue weighted by molar-refractivity contribution is 0.379. The van der Waals surface area contributed by atoms with E-state index in [4.69, 9.17) is 10.2 Å². The summed E-state index contributed by atoms with van der Waals surface area (Å²) >= 11 is 1.58. The summed E-state index contributed by atoms with van der Waals surface area (Å²) in [5, 5.41) is 9.66. The van der Waals surface area contributed by atoms with Gasteiger partial charge in [0.25, 0.3) is 5.56 Å². The first-order valence-electron chi connectivity index (χ1n) is 8.04. The number of aromatic nitrogens is 2. The third kappa shape index (κ3) is 3.34. The molecule has 0 spiro atoms. The van der Waals surface area contributed by atoms with Crippen LogP contribution in [-0.4, -0.2) is 28.5 Å². The number of aryl methyl sites for hydroxylation is 2. The first-order chi connectivity index (χ1) is 11.9. The minimum Gasteiger partial charge on any atom is -0.302 e. The molecule has 0 aliphatic heterocycles. The molecule has 0 amide bonds. The summed E-state index contributed by atoms with van der Waals surface area (Å²) in [6, 6.07) is 9.45. The largest absolute Gasteiger partial charge is 0.302 e. The lowest BCUT2D eigenvalue weighted by Crippen LogP contribution is -2.28. The van der Waals surface area contributed by atoms with E-state index in [1.54, 1.807) is 28.0 Å². The molecule has 1 aromatic carbocycles. The van der Waals surface area contributed by atoms with Crippen LogP contribution < -0.4 is 5.56 Å². The van der Waals surface area contributed by atoms with E-state index >= 15 is 0 Å². The Balaban J connectivity index is 2.16. The maximum absolute atomic E-state index is 13.2. The van der Waals surface area contributed by atoms with Crippen LogP contribution in [-0.2, 0) is 13.1 Å². The van der Waals surface area contributed by atoms with Crippen molar-refractivity contribution >= 4 is 21.6 Å². The fraction of sp³-hybridized carbons (Fsp3) is 0.316. The predicted molar refractivity (Wildman–Crippen MR) is 101 cm³/mol. The molecule has 0 saturated carbocycles. The van der Waals surface area contributed by atoms with Gasteiger partial charge in [0.15, 0.2) is 0 Å². The highest BCUT2D eigenvalue weighted by molar-refractivity contribution is 7.18. The average Bonchev–Trinajstić information content (AvgIpc) is 2.85. The third-order valence-electron chi connectivity index (χ3n) is 4.25. The molecule has 0 bridgehead atoms. The van der Waals surface area contributed by atoms with Crippen molar-refractivity contribution in [2.45, 2.75) is 26.9 Å². The van der Waals surface area contributed by atoms with Crippen LogP contribution in [0.25, 0.3) is 10.2 Å². The fourth-order valence-electron chi connectivity index (χ4n) is 2.80. The zero-order valence-electron chi connectivity index (χ0n) is 14.8. The number of nitriles is 1. The molecule has 2 aromatic heterocycles. The highest BCUT2D eigenvalue weighted by Crippen LogP contribution is 2.26. The van der Waals surface area contributed by atoms with Gasteiger partial charge in [0.05, 0.1) is 30.1 Å². The van der Waals surface area contributed by atoms with E-state index in [1.807, 2.05) is 45.0 Å². The molecule has 0 unspecified atom stereocenters. The van der Waals surface area contributed by atoms with Gasteiger partial charge in [0.1, 0.15) is 10.7 Å². The minimum absolute atomic E-state index is 0.00746. The fourth-order valence-corrected chi connectivity index (χ4v) is 3.84. The minimum atomic E-state index is 0.00746. The molecule has 0 N–H and O–H groups in total. The monoisotopic (exact) mass is 352 g/mol. The maximum atomic E-state index is 13.2. The van der Waals surface area contributed by atoms with Crippen molar-refractivity contribution in [2.24, 2.45) is 0 Å². The lowest BCUT2D eigenvalue weighted by atomic mass is 10.1. The second-order valence-electron chi connectivity index (χ2n) is 6.43. The Bertz CT molecular complexity index is 1020. The van der Waals surface area contributed by atoms with E-state index in [0.29, 0.717) is 18.7 Å². The smallest absolute Gasteiger partial charge is 0.262 e.